The minimum Gasteiger partial charge on any atom is -0.497 e. The van der Waals surface area contributed by atoms with Crippen molar-refractivity contribution in [3.05, 3.63) is 47.8 Å². The molecule has 0 N–H and O–H groups in total. The molecule has 0 spiro atoms. The second-order valence-electron chi connectivity index (χ2n) is 8.10. The Kier molecular flexibility index (Phi) is 6.23. The molecule has 0 radical (unpaired) electrons. The number of hydrogen-bond acceptors (Lipinski definition) is 4. The number of halogens is 1. The molecule has 2 heterocycles. The summed E-state index contributed by atoms with van der Waals surface area (Å²) in [6.45, 7) is 5.22. The van der Waals surface area contributed by atoms with E-state index < -0.39 is 5.82 Å². The molecule has 0 saturated carbocycles. The zero-order chi connectivity index (χ0) is 21.1. The molecule has 1 fully saturated rings. The van der Waals surface area contributed by atoms with Gasteiger partial charge in [-0.25, -0.2) is 4.39 Å². The lowest BCUT2D eigenvalue weighted by atomic mass is 10.00. The molecule has 5 nitrogen and oxygen atoms in total. The summed E-state index contributed by atoms with van der Waals surface area (Å²) < 4.78 is 25.2. The van der Waals surface area contributed by atoms with E-state index >= 15 is 0 Å². The molecule has 4 rings (SSSR count). The molecule has 0 bridgehead atoms. The van der Waals surface area contributed by atoms with E-state index in [-0.39, 0.29) is 5.91 Å². The van der Waals surface area contributed by atoms with Gasteiger partial charge in [0.15, 0.2) is 0 Å². The summed E-state index contributed by atoms with van der Waals surface area (Å²) in [7, 11) is 1.48. The predicted molar refractivity (Wildman–Crippen MR) is 115 cm³/mol. The first-order valence-electron chi connectivity index (χ1n) is 10.7. The Bertz CT molecular complexity index is 917. The molecule has 2 aliphatic heterocycles. The average Bonchev–Trinajstić information content (AvgIpc) is 3.15. The molecule has 2 aromatic rings. The van der Waals surface area contributed by atoms with Gasteiger partial charge in [0, 0.05) is 31.1 Å². The van der Waals surface area contributed by atoms with Crippen molar-refractivity contribution in [2.45, 2.75) is 45.1 Å². The number of rotatable bonds is 7. The third-order valence-corrected chi connectivity index (χ3v) is 6.05. The molecule has 0 aliphatic carbocycles. The van der Waals surface area contributed by atoms with Crippen LogP contribution < -0.4 is 14.4 Å². The van der Waals surface area contributed by atoms with E-state index in [4.69, 9.17) is 9.47 Å². The molecule has 2 aromatic carbocycles. The summed E-state index contributed by atoms with van der Waals surface area (Å²) in [5, 5.41) is 0. The lowest BCUT2D eigenvalue weighted by Gasteiger charge is -2.30. The molecule has 6 heteroatoms. The van der Waals surface area contributed by atoms with Crippen molar-refractivity contribution in [1.82, 2.24) is 4.90 Å². The number of methoxy groups -OCH3 is 1. The fraction of sp³-hybridized carbons (Fsp3) is 0.458. The Morgan fingerprint density at radius 3 is 2.77 bits per heavy atom. The van der Waals surface area contributed by atoms with Crippen LogP contribution in [0.4, 0.5) is 15.8 Å². The Balaban J connectivity index is 1.45. The topological polar surface area (TPSA) is 42.0 Å². The highest BCUT2D eigenvalue weighted by Crippen LogP contribution is 2.37. The second kappa shape index (κ2) is 9.04. The lowest BCUT2D eigenvalue weighted by Crippen LogP contribution is -2.31. The Labute approximate surface area is 177 Å². The SMILES string of the molecule is COc1cc(F)cc(N2C(=O)CCc3cc(OCCCN4CCC[C@H]4C)ccc32)c1. The van der Waals surface area contributed by atoms with Gasteiger partial charge in [0.25, 0.3) is 0 Å². The monoisotopic (exact) mass is 412 g/mol. The molecule has 0 unspecified atom stereocenters. The molecule has 2 aliphatic rings. The summed E-state index contributed by atoms with van der Waals surface area (Å²) in [4.78, 5) is 16.7. The Hall–Kier alpha value is -2.60. The van der Waals surface area contributed by atoms with Crippen LogP contribution in [-0.4, -0.2) is 43.7 Å². The molecular weight excluding hydrogens is 383 g/mol. The summed E-state index contributed by atoms with van der Waals surface area (Å²) >= 11 is 0. The van der Waals surface area contributed by atoms with Crippen LogP contribution in [0.15, 0.2) is 36.4 Å². The summed E-state index contributed by atoms with van der Waals surface area (Å²) in [6, 6.07) is 10.8. The number of nitrogens with zero attached hydrogens (tertiary/aromatic N) is 2. The van der Waals surface area contributed by atoms with Crippen LogP contribution in [0.3, 0.4) is 0 Å². The number of hydrogen-bond donors (Lipinski definition) is 0. The number of fused-ring (bicyclic) bond motifs is 1. The molecule has 0 aromatic heterocycles. The fourth-order valence-corrected chi connectivity index (χ4v) is 4.42. The predicted octanol–water partition coefficient (Wildman–Crippen LogP) is 4.70. The van der Waals surface area contributed by atoms with Crippen LogP contribution in [0.5, 0.6) is 11.5 Å². The quantitative estimate of drug-likeness (QED) is 0.619. The highest BCUT2D eigenvalue weighted by molar-refractivity contribution is 6.03. The van der Waals surface area contributed by atoms with Gasteiger partial charge in [0.2, 0.25) is 5.91 Å². The van der Waals surface area contributed by atoms with Crippen LogP contribution in [0, 0.1) is 5.82 Å². The number of carbonyl (C=O) groups excluding carboxylic acids is 1. The zero-order valence-corrected chi connectivity index (χ0v) is 17.7. The van der Waals surface area contributed by atoms with Crippen LogP contribution in [-0.2, 0) is 11.2 Å². The average molecular weight is 413 g/mol. The smallest absolute Gasteiger partial charge is 0.231 e. The molecular formula is C24H29FN2O3. The number of aryl methyl sites for hydroxylation is 1. The number of ether oxygens (including phenoxy) is 2. The van der Waals surface area contributed by atoms with Crippen molar-refractivity contribution in [1.29, 1.82) is 0 Å². The van der Waals surface area contributed by atoms with E-state index in [1.165, 1.54) is 38.6 Å². The van der Waals surface area contributed by atoms with Crippen LogP contribution in [0.2, 0.25) is 0 Å². The maximum absolute atomic E-state index is 14.0. The van der Waals surface area contributed by atoms with Gasteiger partial charge in [0.05, 0.1) is 25.1 Å². The largest absolute Gasteiger partial charge is 0.497 e. The minimum absolute atomic E-state index is 0.0523. The molecule has 1 atom stereocenters. The highest BCUT2D eigenvalue weighted by atomic mass is 19.1. The van der Waals surface area contributed by atoms with Gasteiger partial charge in [-0.2, -0.15) is 0 Å². The Morgan fingerprint density at radius 1 is 1.13 bits per heavy atom. The van der Waals surface area contributed by atoms with Gasteiger partial charge < -0.3 is 14.4 Å². The lowest BCUT2D eigenvalue weighted by molar-refractivity contribution is -0.118. The van der Waals surface area contributed by atoms with Crippen LogP contribution >= 0.6 is 0 Å². The number of amides is 1. The summed E-state index contributed by atoms with van der Waals surface area (Å²) in [5.74, 6) is 0.714. The van der Waals surface area contributed by atoms with Crippen molar-refractivity contribution < 1.29 is 18.7 Å². The van der Waals surface area contributed by atoms with Crippen molar-refractivity contribution >= 4 is 17.3 Å². The van der Waals surface area contributed by atoms with Gasteiger partial charge in [0.1, 0.15) is 17.3 Å². The summed E-state index contributed by atoms with van der Waals surface area (Å²) in [5.41, 5.74) is 2.28. The number of benzene rings is 2. The molecule has 1 amide bonds. The maximum Gasteiger partial charge on any atom is 0.231 e. The molecule has 30 heavy (non-hydrogen) atoms. The minimum atomic E-state index is -0.434. The van der Waals surface area contributed by atoms with E-state index in [0.717, 1.165) is 30.0 Å². The van der Waals surface area contributed by atoms with E-state index in [9.17, 15) is 9.18 Å². The van der Waals surface area contributed by atoms with Gasteiger partial charge >= 0.3 is 0 Å². The summed E-state index contributed by atoms with van der Waals surface area (Å²) in [6.07, 6.45) is 4.61. The standard InChI is InChI=1S/C24H29FN2O3/c1-17-5-3-10-26(17)11-4-12-30-21-7-8-23-18(13-21)6-9-24(28)27(23)20-14-19(25)15-22(16-20)29-2/h7-8,13-17H,3-6,9-12H2,1-2H3/t17-/m1/s1. The fourth-order valence-electron chi connectivity index (χ4n) is 4.42. The van der Waals surface area contributed by atoms with Gasteiger partial charge in [-0.1, -0.05) is 0 Å². The van der Waals surface area contributed by atoms with Gasteiger partial charge in [-0.15, -0.1) is 0 Å². The molecule has 160 valence electrons. The van der Waals surface area contributed by atoms with E-state index in [2.05, 4.69) is 11.8 Å². The van der Waals surface area contributed by atoms with Gasteiger partial charge in [-0.05, 0) is 69.0 Å². The van der Waals surface area contributed by atoms with Crippen molar-refractivity contribution in [2.75, 3.05) is 31.7 Å². The van der Waals surface area contributed by atoms with Crippen molar-refractivity contribution in [2.24, 2.45) is 0 Å². The third kappa shape index (κ3) is 4.43. The number of likely N-dealkylation sites (tertiary alicyclic amines) is 1. The van der Waals surface area contributed by atoms with Crippen LogP contribution in [0.25, 0.3) is 0 Å². The first-order chi connectivity index (χ1) is 14.5. The normalized spacial score (nSPS) is 19.1. The number of carbonyl (C=O) groups is 1. The van der Waals surface area contributed by atoms with Crippen molar-refractivity contribution in [3.8, 4) is 11.5 Å². The first-order valence-corrected chi connectivity index (χ1v) is 10.7. The van der Waals surface area contributed by atoms with E-state index in [1.807, 2.05) is 18.2 Å². The Morgan fingerprint density at radius 2 is 2.00 bits per heavy atom. The number of anilines is 2. The first kappa shape index (κ1) is 20.7. The second-order valence-corrected chi connectivity index (χ2v) is 8.10. The van der Waals surface area contributed by atoms with E-state index in [0.29, 0.717) is 36.9 Å². The maximum atomic E-state index is 14.0. The molecule has 1 saturated heterocycles. The third-order valence-electron chi connectivity index (χ3n) is 6.05. The zero-order valence-electron chi connectivity index (χ0n) is 17.7. The highest BCUT2D eigenvalue weighted by Gasteiger charge is 2.27. The van der Waals surface area contributed by atoms with Crippen molar-refractivity contribution in [3.63, 3.8) is 0 Å². The van der Waals surface area contributed by atoms with Crippen LogP contribution in [0.1, 0.15) is 38.2 Å². The van der Waals surface area contributed by atoms with E-state index in [1.54, 1.807) is 11.0 Å². The van der Waals surface area contributed by atoms with Gasteiger partial charge in [-0.3, -0.25) is 9.69 Å².